The summed E-state index contributed by atoms with van der Waals surface area (Å²) in [5.74, 6) is -0.614. The lowest BCUT2D eigenvalue weighted by Crippen LogP contribution is -2.29. The van der Waals surface area contributed by atoms with Gasteiger partial charge in [-0.2, -0.15) is 0 Å². The summed E-state index contributed by atoms with van der Waals surface area (Å²) in [6.45, 7) is 0.589. The zero-order chi connectivity index (χ0) is 21.8. The molecular weight excluding hydrogens is 394 g/mol. The average Bonchev–Trinajstić information content (AvgIpc) is 3.22. The number of esters is 1. The van der Waals surface area contributed by atoms with Crippen LogP contribution in [0, 0.1) is 0 Å². The Balaban J connectivity index is 1.51. The van der Waals surface area contributed by atoms with Crippen molar-refractivity contribution in [1.29, 1.82) is 0 Å². The monoisotopic (exact) mass is 415 g/mol. The van der Waals surface area contributed by atoms with Crippen LogP contribution in [0.4, 0.5) is 21.9 Å². The molecule has 1 heterocycles. The van der Waals surface area contributed by atoms with Gasteiger partial charge in [-0.1, -0.05) is 36.4 Å². The number of methoxy groups -OCH3 is 1. The van der Waals surface area contributed by atoms with Crippen molar-refractivity contribution in [3.8, 4) is 0 Å². The molecule has 1 aliphatic heterocycles. The summed E-state index contributed by atoms with van der Waals surface area (Å²) in [6, 6.07) is 20.7. The fraction of sp³-hybridized carbons (Fsp3) is 0.125. The largest absolute Gasteiger partial charge is 0.465 e. The van der Waals surface area contributed by atoms with E-state index in [4.69, 9.17) is 4.74 Å². The highest BCUT2D eigenvalue weighted by Gasteiger charge is 2.26. The van der Waals surface area contributed by atoms with E-state index in [1.165, 1.54) is 7.11 Å². The van der Waals surface area contributed by atoms with Crippen molar-refractivity contribution in [1.82, 2.24) is 0 Å². The minimum atomic E-state index is -0.538. The Morgan fingerprint density at radius 3 is 2.42 bits per heavy atom. The molecule has 3 aromatic rings. The molecule has 7 heteroatoms. The molecule has 0 spiro atoms. The van der Waals surface area contributed by atoms with Crippen molar-refractivity contribution in [3.05, 3.63) is 89.5 Å². The van der Waals surface area contributed by atoms with Gasteiger partial charge in [-0.3, -0.25) is 4.79 Å². The summed E-state index contributed by atoms with van der Waals surface area (Å²) in [6.07, 6.45) is 0.757. The summed E-state index contributed by atoms with van der Waals surface area (Å²) in [5.41, 5.74) is 3.58. The molecule has 0 saturated carbocycles. The van der Waals surface area contributed by atoms with E-state index >= 15 is 0 Å². The van der Waals surface area contributed by atoms with Crippen LogP contribution in [0.3, 0.4) is 0 Å². The van der Waals surface area contributed by atoms with Crippen LogP contribution in [-0.2, 0) is 11.2 Å². The summed E-state index contributed by atoms with van der Waals surface area (Å²) >= 11 is 0. The highest BCUT2D eigenvalue weighted by Crippen LogP contribution is 2.32. The van der Waals surface area contributed by atoms with Gasteiger partial charge in [0.1, 0.15) is 0 Å². The van der Waals surface area contributed by atoms with Crippen LogP contribution in [0.5, 0.6) is 0 Å². The molecule has 2 N–H and O–H groups in total. The number of rotatable bonds is 4. The second-order valence-electron chi connectivity index (χ2n) is 7.03. The Kier molecular flexibility index (Phi) is 5.66. The topological polar surface area (TPSA) is 87.7 Å². The smallest absolute Gasteiger partial charge is 0.339 e. The van der Waals surface area contributed by atoms with E-state index in [0.29, 0.717) is 23.5 Å². The highest BCUT2D eigenvalue weighted by atomic mass is 16.5. The molecule has 0 radical (unpaired) electrons. The third-order valence-electron chi connectivity index (χ3n) is 5.09. The number of hydrogen-bond acceptors (Lipinski definition) is 4. The Bertz CT molecular complexity index is 1140. The molecule has 4 rings (SSSR count). The maximum absolute atomic E-state index is 12.9. The Hall–Kier alpha value is -4.13. The molecule has 0 atom stereocenters. The molecule has 0 saturated heterocycles. The van der Waals surface area contributed by atoms with Gasteiger partial charge in [0, 0.05) is 23.5 Å². The number of amides is 3. The molecule has 3 amide bonds. The van der Waals surface area contributed by atoms with Gasteiger partial charge in [0.2, 0.25) is 0 Å². The second kappa shape index (κ2) is 8.71. The van der Waals surface area contributed by atoms with Crippen LogP contribution >= 0.6 is 0 Å². The molecule has 3 aromatic carbocycles. The number of carbonyl (C=O) groups is 3. The van der Waals surface area contributed by atoms with Crippen molar-refractivity contribution in [2.45, 2.75) is 6.42 Å². The Morgan fingerprint density at radius 2 is 1.65 bits per heavy atom. The fourth-order valence-corrected chi connectivity index (χ4v) is 3.57. The Morgan fingerprint density at radius 1 is 0.903 bits per heavy atom. The lowest BCUT2D eigenvalue weighted by atomic mass is 10.1. The second-order valence-corrected chi connectivity index (χ2v) is 7.03. The summed E-state index contributed by atoms with van der Waals surface area (Å²) in [4.78, 5) is 39.0. The van der Waals surface area contributed by atoms with Crippen LogP contribution < -0.4 is 15.5 Å². The number of carbonyl (C=O) groups excluding carboxylic acids is 3. The fourth-order valence-electron chi connectivity index (χ4n) is 3.57. The first-order valence-corrected chi connectivity index (χ1v) is 9.82. The predicted molar refractivity (Wildman–Crippen MR) is 119 cm³/mol. The number of fused-ring (bicyclic) bond motifs is 1. The van der Waals surface area contributed by atoms with E-state index in [2.05, 4.69) is 10.6 Å². The molecule has 0 fully saturated rings. The van der Waals surface area contributed by atoms with Gasteiger partial charge in [0.15, 0.2) is 0 Å². The average molecular weight is 415 g/mol. The van der Waals surface area contributed by atoms with Gasteiger partial charge in [-0.05, 0) is 48.4 Å². The first-order chi connectivity index (χ1) is 15.1. The normalized spacial score (nSPS) is 12.1. The maximum atomic E-state index is 12.9. The lowest BCUT2D eigenvalue weighted by Gasteiger charge is -2.18. The molecule has 0 aliphatic carbocycles. The summed E-state index contributed by atoms with van der Waals surface area (Å²) < 4.78 is 4.75. The number of anilines is 3. The molecule has 156 valence electrons. The van der Waals surface area contributed by atoms with Crippen molar-refractivity contribution in [2.75, 3.05) is 29.2 Å². The van der Waals surface area contributed by atoms with E-state index in [-0.39, 0.29) is 11.5 Å². The van der Waals surface area contributed by atoms with Crippen molar-refractivity contribution < 1.29 is 19.1 Å². The molecule has 1 aliphatic rings. The summed E-state index contributed by atoms with van der Waals surface area (Å²) in [5, 5.41) is 5.43. The number of nitrogens with zero attached hydrogens (tertiary/aromatic N) is 1. The number of ether oxygens (including phenoxy) is 1. The van der Waals surface area contributed by atoms with E-state index in [1.54, 1.807) is 53.4 Å². The van der Waals surface area contributed by atoms with Gasteiger partial charge < -0.3 is 20.3 Å². The minimum absolute atomic E-state index is 0.0760. The number of para-hydroxylation sites is 1. The molecule has 0 bridgehead atoms. The van der Waals surface area contributed by atoms with Gasteiger partial charge in [-0.15, -0.1) is 0 Å². The van der Waals surface area contributed by atoms with E-state index in [0.717, 1.165) is 17.7 Å². The number of urea groups is 1. The molecular formula is C24H21N3O4. The highest BCUT2D eigenvalue weighted by molar-refractivity contribution is 6.08. The Labute approximate surface area is 179 Å². The molecule has 7 nitrogen and oxygen atoms in total. The maximum Gasteiger partial charge on any atom is 0.339 e. The number of nitrogens with one attached hydrogen (secondary N) is 2. The van der Waals surface area contributed by atoms with Crippen molar-refractivity contribution >= 4 is 35.0 Å². The van der Waals surface area contributed by atoms with Crippen LogP contribution in [0.25, 0.3) is 0 Å². The van der Waals surface area contributed by atoms with Crippen LogP contribution in [0.15, 0.2) is 72.8 Å². The molecule has 31 heavy (non-hydrogen) atoms. The van der Waals surface area contributed by atoms with E-state index in [9.17, 15) is 14.4 Å². The van der Waals surface area contributed by atoms with Crippen LogP contribution in [0.1, 0.15) is 26.3 Å². The third kappa shape index (κ3) is 4.25. The van der Waals surface area contributed by atoms with Gasteiger partial charge >= 0.3 is 12.0 Å². The van der Waals surface area contributed by atoms with Crippen molar-refractivity contribution in [2.24, 2.45) is 0 Å². The first kappa shape index (κ1) is 20.2. The first-order valence-electron chi connectivity index (χ1n) is 9.82. The summed E-state index contributed by atoms with van der Waals surface area (Å²) in [7, 11) is 1.28. The van der Waals surface area contributed by atoms with Gasteiger partial charge in [0.25, 0.3) is 5.91 Å². The zero-order valence-corrected chi connectivity index (χ0v) is 16.9. The van der Waals surface area contributed by atoms with E-state index < -0.39 is 12.0 Å². The van der Waals surface area contributed by atoms with Crippen molar-refractivity contribution in [3.63, 3.8) is 0 Å². The van der Waals surface area contributed by atoms with E-state index in [1.807, 2.05) is 24.3 Å². The van der Waals surface area contributed by atoms with Crippen LogP contribution in [0.2, 0.25) is 0 Å². The SMILES string of the molecule is COC(=O)c1ccccc1NC(=O)Nc1ccc2c(c1)N(C(=O)c1ccccc1)CC2. The van der Waals surface area contributed by atoms with Gasteiger partial charge in [0.05, 0.1) is 18.4 Å². The third-order valence-corrected chi connectivity index (χ3v) is 5.09. The standard InChI is InChI=1S/C24H21N3O4/c1-31-23(29)19-9-5-6-10-20(19)26-24(30)25-18-12-11-16-13-14-27(21(16)15-18)22(28)17-7-3-2-4-8-17/h2-12,15H,13-14H2,1H3,(H2,25,26,30). The minimum Gasteiger partial charge on any atom is -0.465 e. The van der Waals surface area contributed by atoms with Crippen LogP contribution in [-0.4, -0.2) is 31.6 Å². The predicted octanol–water partition coefficient (Wildman–Crippen LogP) is 4.32. The molecule has 0 unspecified atom stereocenters. The molecule has 0 aromatic heterocycles. The van der Waals surface area contributed by atoms with Gasteiger partial charge in [-0.25, -0.2) is 9.59 Å². The number of benzene rings is 3. The number of hydrogen-bond donors (Lipinski definition) is 2. The quantitative estimate of drug-likeness (QED) is 0.621. The lowest BCUT2D eigenvalue weighted by molar-refractivity contribution is 0.0601. The zero-order valence-electron chi connectivity index (χ0n) is 16.9.